The molecule has 8 heteroatoms. The lowest BCUT2D eigenvalue weighted by Crippen LogP contribution is -2.45. The quantitative estimate of drug-likeness (QED) is 0.498. The molecule has 0 bridgehead atoms. The average molecular weight is 497 g/mol. The van der Waals surface area contributed by atoms with Crippen molar-refractivity contribution in [2.75, 3.05) is 0 Å². The number of nitrogens with zero attached hydrogens (tertiary/aromatic N) is 1. The van der Waals surface area contributed by atoms with E-state index in [0.29, 0.717) is 29.1 Å². The Balaban J connectivity index is 1.43. The Morgan fingerprint density at radius 2 is 1.91 bits per heavy atom. The second-order valence-electron chi connectivity index (χ2n) is 9.86. The number of aliphatic hydroxyl groups excluding tert-OH is 1. The Hall–Kier alpha value is -1.99. The zero-order valence-corrected chi connectivity index (χ0v) is 20.1. The van der Waals surface area contributed by atoms with Gasteiger partial charge in [-0.05, 0) is 80.7 Å². The predicted octanol–water partition coefficient (Wildman–Crippen LogP) is 6.48. The van der Waals surface area contributed by atoms with Crippen molar-refractivity contribution >= 4 is 17.5 Å². The number of aromatic nitrogens is 1. The van der Waals surface area contributed by atoms with Crippen molar-refractivity contribution in [3.8, 4) is 0 Å². The van der Waals surface area contributed by atoms with Crippen LogP contribution in [0.2, 0.25) is 5.02 Å². The van der Waals surface area contributed by atoms with Crippen LogP contribution in [0.15, 0.2) is 30.5 Å². The van der Waals surface area contributed by atoms with Gasteiger partial charge in [0.2, 0.25) is 0 Å². The van der Waals surface area contributed by atoms with Crippen LogP contribution in [0, 0.1) is 12.8 Å². The number of hydrogen-bond donors (Lipinski definition) is 2. The Morgan fingerprint density at radius 3 is 2.65 bits per heavy atom. The highest BCUT2D eigenvalue weighted by Crippen LogP contribution is 2.42. The molecule has 2 aliphatic carbocycles. The van der Waals surface area contributed by atoms with E-state index in [1.807, 2.05) is 19.2 Å². The van der Waals surface area contributed by atoms with E-state index in [0.717, 1.165) is 56.7 Å². The highest BCUT2D eigenvalue weighted by molar-refractivity contribution is 6.31. The normalized spacial score (nSPS) is 25.8. The van der Waals surface area contributed by atoms with Crippen molar-refractivity contribution in [3.63, 3.8) is 0 Å². The molecule has 0 spiro atoms. The number of halogens is 4. The molecule has 1 amide bonds. The SMILES string of the molecule is Cc1c(C(=O)N[C@@H]2CCCC[C@H]2O)ccn1CC1CCCC(c2cc(C(F)(F)F)ccc2Cl)C1. The molecule has 34 heavy (non-hydrogen) atoms. The molecule has 1 aromatic heterocycles. The Kier molecular flexibility index (Phi) is 7.63. The minimum Gasteiger partial charge on any atom is -0.391 e. The van der Waals surface area contributed by atoms with Gasteiger partial charge in [0.25, 0.3) is 5.91 Å². The summed E-state index contributed by atoms with van der Waals surface area (Å²) in [6.45, 7) is 2.62. The molecule has 0 radical (unpaired) electrons. The predicted molar refractivity (Wildman–Crippen MR) is 126 cm³/mol. The van der Waals surface area contributed by atoms with Crippen LogP contribution in [0.5, 0.6) is 0 Å². The minimum atomic E-state index is -4.39. The average Bonchev–Trinajstić information content (AvgIpc) is 3.15. The van der Waals surface area contributed by atoms with Crippen molar-refractivity contribution in [2.24, 2.45) is 5.92 Å². The summed E-state index contributed by atoms with van der Waals surface area (Å²) in [6, 6.07) is 5.20. The molecule has 2 N–H and O–H groups in total. The van der Waals surface area contributed by atoms with Gasteiger partial charge in [0, 0.05) is 23.5 Å². The van der Waals surface area contributed by atoms with E-state index in [2.05, 4.69) is 9.88 Å². The van der Waals surface area contributed by atoms with Crippen molar-refractivity contribution in [3.05, 3.63) is 57.9 Å². The third kappa shape index (κ3) is 5.62. The van der Waals surface area contributed by atoms with Crippen LogP contribution in [0.1, 0.15) is 84.5 Å². The Bertz CT molecular complexity index is 1020. The fourth-order valence-corrected chi connectivity index (χ4v) is 5.84. The molecule has 2 aliphatic rings. The maximum atomic E-state index is 13.2. The number of nitrogens with one attached hydrogen (secondary N) is 1. The molecular formula is C26H32ClF3N2O2. The fraction of sp³-hybridized carbons (Fsp3) is 0.577. The van der Waals surface area contributed by atoms with Gasteiger partial charge in [0.1, 0.15) is 0 Å². The molecule has 2 fully saturated rings. The summed E-state index contributed by atoms with van der Waals surface area (Å²) < 4.78 is 41.7. The highest BCUT2D eigenvalue weighted by Gasteiger charge is 2.33. The third-order valence-electron chi connectivity index (χ3n) is 7.53. The van der Waals surface area contributed by atoms with Gasteiger partial charge in [0.15, 0.2) is 0 Å². The first-order valence-electron chi connectivity index (χ1n) is 12.1. The van der Waals surface area contributed by atoms with Gasteiger partial charge >= 0.3 is 6.18 Å². The lowest BCUT2D eigenvalue weighted by Gasteiger charge is -2.31. The van der Waals surface area contributed by atoms with E-state index >= 15 is 0 Å². The van der Waals surface area contributed by atoms with Gasteiger partial charge < -0.3 is 15.0 Å². The molecule has 4 nitrogen and oxygen atoms in total. The van der Waals surface area contributed by atoms with Gasteiger partial charge in [-0.25, -0.2) is 0 Å². The lowest BCUT2D eigenvalue weighted by molar-refractivity contribution is -0.137. The van der Waals surface area contributed by atoms with Crippen molar-refractivity contribution in [2.45, 2.75) is 89.1 Å². The van der Waals surface area contributed by atoms with E-state index in [9.17, 15) is 23.1 Å². The molecule has 2 aromatic rings. The van der Waals surface area contributed by atoms with Gasteiger partial charge in [-0.1, -0.05) is 30.9 Å². The second kappa shape index (κ2) is 10.3. The van der Waals surface area contributed by atoms with E-state index in [1.165, 1.54) is 12.1 Å². The minimum absolute atomic E-state index is 0.0139. The molecule has 0 aliphatic heterocycles. The molecule has 1 aromatic carbocycles. The number of aliphatic hydroxyl groups is 1. The topological polar surface area (TPSA) is 54.3 Å². The van der Waals surface area contributed by atoms with Crippen LogP contribution in [0.3, 0.4) is 0 Å². The summed E-state index contributed by atoms with van der Waals surface area (Å²) in [5, 5.41) is 13.5. The summed E-state index contributed by atoms with van der Waals surface area (Å²) in [5.74, 6) is 0.103. The van der Waals surface area contributed by atoms with Crippen LogP contribution in [-0.4, -0.2) is 27.7 Å². The number of amides is 1. The summed E-state index contributed by atoms with van der Waals surface area (Å²) in [4.78, 5) is 12.8. The molecular weight excluding hydrogens is 465 g/mol. The fourth-order valence-electron chi connectivity index (χ4n) is 5.57. The summed E-state index contributed by atoms with van der Waals surface area (Å²) in [5.41, 5.74) is 1.39. The van der Waals surface area contributed by atoms with Crippen molar-refractivity contribution in [1.82, 2.24) is 9.88 Å². The Labute approximate surface area is 203 Å². The second-order valence-corrected chi connectivity index (χ2v) is 10.3. The third-order valence-corrected chi connectivity index (χ3v) is 7.88. The van der Waals surface area contributed by atoms with E-state index < -0.39 is 17.8 Å². The maximum Gasteiger partial charge on any atom is 0.416 e. The molecule has 186 valence electrons. The first-order valence-corrected chi connectivity index (χ1v) is 12.5. The molecule has 1 heterocycles. The van der Waals surface area contributed by atoms with Gasteiger partial charge in [-0.15, -0.1) is 0 Å². The number of hydrogen-bond acceptors (Lipinski definition) is 2. The lowest BCUT2D eigenvalue weighted by atomic mass is 9.77. The van der Waals surface area contributed by atoms with Crippen LogP contribution in [0.25, 0.3) is 0 Å². The van der Waals surface area contributed by atoms with Crippen LogP contribution >= 0.6 is 11.6 Å². The van der Waals surface area contributed by atoms with Crippen LogP contribution in [-0.2, 0) is 12.7 Å². The largest absolute Gasteiger partial charge is 0.416 e. The molecule has 4 rings (SSSR count). The number of alkyl halides is 3. The van der Waals surface area contributed by atoms with E-state index in [-0.39, 0.29) is 23.8 Å². The van der Waals surface area contributed by atoms with Crippen molar-refractivity contribution in [1.29, 1.82) is 0 Å². The van der Waals surface area contributed by atoms with E-state index in [1.54, 1.807) is 0 Å². The summed E-state index contributed by atoms with van der Waals surface area (Å²) in [6.07, 6.45) is 3.99. The molecule has 4 atom stereocenters. The first-order chi connectivity index (χ1) is 16.1. The van der Waals surface area contributed by atoms with Gasteiger partial charge in [-0.2, -0.15) is 13.2 Å². The number of rotatable bonds is 5. The number of carbonyl (C=O) groups is 1. The smallest absolute Gasteiger partial charge is 0.391 e. The maximum absolute atomic E-state index is 13.2. The zero-order chi connectivity index (χ0) is 24.5. The Morgan fingerprint density at radius 1 is 1.15 bits per heavy atom. The van der Waals surface area contributed by atoms with Crippen LogP contribution < -0.4 is 5.32 Å². The van der Waals surface area contributed by atoms with Gasteiger partial charge in [-0.3, -0.25) is 4.79 Å². The monoisotopic (exact) mass is 496 g/mol. The van der Waals surface area contributed by atoms with Crippen molar-refractivity contribution < 1.29 is 23.1 Å². The van der Waals surface area contributed by atoms with E-state index in [4.69, 9.17) is 11.6 Å². The van der Waals surface area contributed by atoms with Gasteiger partial charge in [0.05, 0.1) is 23.3 Å². The standard InChI is InChI=1S/C26H32ClF3N2O2/c1-16-20(25(34)31-23-7-2-3-8-24(23)33)11-12-32(16)15-17-5-4-6-18(13-17)21-14-19(26(28,29)30)9-10-22(21)27/h9-12,14,17-18,23-24,33H,2-8,13,15H2,1H3,(H,31,34)/t17?,18?,23-,24-/m1/s1. The molecule has 2 unspecified atom stereocenters. The summed E-state index contributed by atoms with van der Waals surface area (Å²) >= 11 is 6.31. The van der Waals surface area contributed by atoms with Crippen LogP contribution in [0.4, 0.5) is 13.2 Å². The molecule has 0 saturated heterocycles. The number of benzene rings is 1. The zero-order valence-electron chi connectivity index (χ0n) is 19.4. The highest BCUT2D eigenvalue weighted by atomic mass is 35.5. The molecule has 2 saturated carbocycles. The first kappa shape index (κ1) is 25.1. The number of carbonyl (C=O) groups excluding carboxylic acids is 1. The summed E-state index contributed by atoms with van der Waals surface area (Å²) in [7, 11) is 0.